The van der Waals surface area contributed by atoms with Crippen LogP contribution in [0, 0.1) is 13.8 Å². The summed E-state index contributed by atoms with van der Waals surface area (Å²) in [6.45, 7) is 8.09. The second-order valence-corrected chi connectivity index (χ2v) is 6.70. The van der Waals surface area contributed by atoms with E-state index in [0.29, 0.717) is 21.9 Å². The van der Waals surface area contributed by atoms with E-state index in [-0.39, 0.29) is 5.91 Å². The van der Waals surface area contributed by atoms with Gasteiger partial charge in [-0.1, -0.05) is 6.08 Å². The summed E-state index contributed by atoms with van der Waals surface area (Å²) in [4.78, 5) is 13.4. The van der Waals surface area contributed by atoms with E-state index in [2.05, 4.69) is 22.1 Å². The van der Waals surface area contributed by atoms with Crippen molar-refractivity contribution >= 4 is 44.9 Å². The fraction of sp³-hybridized carbons (Fsp3) is 0.357. The molecule has 0 fully saturated rings. The van der Waals surface area contributed by atoms with Gasteiger partial charge in [0.15, 0.2) is 0 Å². The Morgan fingerprint density at radius 1 is 1.48 bits per heavy atom. The standard InChI is InChI=1S/C14H18N4OS2/c1-4-6-20-7-5-16-13(19)12-11(15)10-8(2)9(3)17-18-14(10)21-12/h4H,1,5-7,15H2,2-3H3,(H,16,19). The Kier molecular flexibility index (Phi) is 5.19. The van der Waals surface area contributed by atoms with Gasteiger partial charge in [0.25, 0.3) is 5.91 Å². The van der Waals surface area contributed by atoms with Gasteiger partial charge in [0.05, 0.1) is 11.4 Å². The van der Waals surface area contributed by atoms with E-state index < -0.39 is 0 Å². The van der Waals surface area contributed by atoms with E-state index in [4.69, 9.17) is 5.73 Å². The highest BCUT2D eigenvalue weighted by Crippen LogP contribution is 2.34. The van der Waals surface area contributed by atoms with Crippen molar-refractivity contribution in [2.45, 2.75) is 13.8 Å². The van der Waals surface area contributed by atoms with Crippen molar-refractivity contribution in [2.75, 3.05) is 23.8 Å². The Balaban J connectivity index is 2.15. The van der Waals surface area contributed by atoms with Gasteiger partial charge >= 0.3 is 0 Å². The zero-order chi connectivity index (χ0) is 15.4. The topological polar surface area (TPSA) is 80.9 Å². The Labute approximate surface area is 132 Å². The molecule has 1 amide bonds. The molecule has 0 aliphatic carbocycles. The van der Waals surface area contributed by atoms with Crippen molar-refractivity contribution in [3.8, 4) is 0 Å². The lowest BCUT2D eigenvalue weighted by molar-refractivity contribution is 0.0961. The normalized spacial score (nSPS) is 10.8. The molecule has 0 saturated carbocycles. The number of carbonyl (C=O) groups excluding carboxylic acids is 1. The van der Waals surface area contributed by atoms with Gasteiger partial charge in [-0.25, -0.2) is 0 Å². The van der Waals surface area contributed by atoms with Gasteiger partial charge in [-0.05, 0) is 19.4 Å². The molecule has 7 heteroatoms. The highest BCUT2D eigenvalue weighted by molar-refractivity contribution is 7.99. The van der Waals surface area contributed by atoms with Crippen LogP contribution in [0.1, 0.15) is 20.9 Å². The first-order valence-electron chi connectivity index (χ1n) is 6.55. The number of rotatable bonds is 6. The number of aryl methyl sites for hydroxylation is 2. The summed E-state index contributed by atoms with van der Waals surface area (Å²) in [5, 5.41) is 11.9. The number of thioether (sulfide) groups is 1. The molecule has 2 aromatic heterocycles. The van der Waals surface area contributed by atoms with Crippen LogP contribution in [0.15, 0.2) is 12.7 Å². The molecule has 21 heavy (non-hydrogen) atoms. The third-order valence-corrected chi connectivity index (χ3v) is 5.16. The highest BCUT2D eigenvalue weighted by atomic mass is 32.2. The maximum Gasteiger partial charge on any atom is 0.263 e. The molecule has 0 aliphatic rings. The summed E-state index contributed by atoms with van der Waals surface area (Å²) in [6.07, 6.45) is 1.85. The molecule has 2 heterocycles. The molecule has 0 spiro atoms. The lowest BCUT2D eigenvalue weighted by Gasteiger charge is -2.04. The number of nitrogen functional groups attached to an aromatic ring is 1. The molecule has 0 unspecified atom stereocenters. The van der Waals surface area contributed by atoms with Crippen molar-refractivity contribution in [3.05, 3.63) is 28.8 Å². The largest absolute Gasteiger partial charge is 0.397 e. The molecule has 0 bridgehead atoms. The Morgan fingerprint density at radius 2 is 2.24 bits per heavy atom. The van der Waals surface area contributed by atoms with Crippen LogP contribution in [0.2, 0.25) is 0 Å². The van der Waals surface area contributed by atoms with Gasteiger partial charge in [0.1, 0.15) is 9.71 Å². The van der Waals surface area contributed by atoms with E-state index in [1.807, 2.05) is 19.9 Å². The molecular formula is C14H18N4OS2. The summed E-state index contributed by atoms with van der Waals surface area (Å²) in [5.41, 5.74) is 8.44. The predicted octanol–water partition coefficient (Wildman–Crippen LogP) is 2.54. The number of fused-ring (bicyclic) bond motifs is 1. The second kappa shape index (κ2) is 6.91. The Hall–Kier alpha value is -1.60. The number of nitrogens with two attached hydrogens (primary N) is 1. The SMILES string of the molecule is C=CCSCCNC(=O)c1sc2nnc(C)c(C)c2c1N. The number of thiophene rings is 1. The third-order valence-electron chi connectivity index (χ3n) is 3.11. The van der Waals surface area contributed by atoms with Crippen molar-refractivity contribution < 1.29 is 4.79 Å². The van der Waals surface area contributed by atoms with Crippen LogP contribution in [0.5, 0.6) is 0 Å². The molecule has 0 radical (unpaired) electrons. The van der Waals surface area contributed by atoms with E-state index in [9.17, 15) is 4.79 Å². The number of carbonyl (C=O) groups is 1. The second-order valence-electron chi connectivity index (χ2n) is 4.55. The number of aromatic nitrogens is 2. The van der Waals surface area contributed by atoms with E-state index in [1.54, 1.807) is 11.8 Å². The van der Waals surface area contributed by atoms with Gasteiger partial charge < -0.3 is 11.1 Å². The van der Waals surface area contributed by atoms with Crippen LogP contribution < -0.4 is 11.1 Å². The lowest BCUT2D eigenvalue weighted by atomic mass is 10.1. The number of nitrogens with one attached hydrogen (secondary N) is 1. The summed E-state index contributed by atoms with van der Waals surface area (Å²) in [5.74, 6) is 1.59. The van der Waals surface area contributed by atoms with Crippen molar-refractivity contribution in [1.29, 1.82) is 0 Å². The zero-order valence-electron chi connectivity index (χ0n) is 12.1. The maximum atomic E-state index is 12.2. The zero-order valence-corrected chi connectivity index (χ0v) is 13.7. The van der Waals surface area contributed by atoms with Gasteiger partial charge in [-0.2, -0.15) is 16.9 Å². The van der Waals surface area contributed by atoms with Gasteiger partial charge in [0, 0.05) is 23.4 Å². The third kappa shape index (κ3) is 3.36. The fourth-order valence-electron chi connectivity index (χ4n) is 1.89. The lowest BCUT2D eigenvalue weighted by Crippen LogP contribution is -2.25. The molecule has 0 saturated heterocycles. The Bertz CT molecular complexity index is 681. The van der Waals surface area contributed by atoms with Crippen molar-refractivity contribution in [1.82, 2.24) is 15.5 Å². The minimum Gasteiger partial charge on any atom is -0.397 e. The van der Waals surface area contributed by atoms with Crippen molar-refractivity contribution in [3.63, 3.8) is 0 Å². The summed E-state index contributed by atoms with van der Waals surface area (Å²) < 4.78 is 0. The number of hydrogen-bond donors (Lipinski definition) is 2. The molecule has 3 N–H and O–H groups in total. The van der Waals surface area contributed by atoms with Gasteiger partial charge in [-0.15, -0.1) is 23.0 Å². The average molecular weight is 322 g/mol. The number of hydrogen-bond acceptors (Lipinski definition) is 6. The van der Waals surface area contributed by atoms with Gasteiger partial charge in [-0.3, -0.25) is 4.79 Å². The molecule has 2 aromatic rings. The predicted molar refractivity (Wildman–Crippen MR) is 91.2 cm³/mol. The average Bonchev–Trinajstić information content (AvgIpc) is 2.80. The summed E-state index contributed by atoms with van der Waals surface area (Å²) in [6, 6.07) is 0. The molecule has 2 rings (SSSR count). The molecule has 0 atom stereocenters. The molecule has 0 aliphatic heterocycles. The van der Waals surface area contributed by atoms with Crippen LogP contribution >= 0.6 is 23.1 Å². The monoisotopic (exact) mass is 322 g/mol. The number of amides is 1. The highest BCUT2D eigenvalue weighted by Gasteiger charge is 2.19. The first-order valence-corrected chi connectivity index (χ1v) is 8.52. The minimum absolute atomic E-state index is 0.147. The van der Waals surface area contributed by atoms with Crippen LogP contribution in [-0.2, 0) is 0 Å². The molecule has 112 valence electrons. The summed E-state index contributed by atoms with van der Waals surface area (Å²) >= 11 is 3.01. The summed E-state index contributed by atoms with van der Waals surface area (Å²) in [7, 11) is 0. The molecule has 5 nitrogen and oxygen atoms in total. The Morgan fingerprint density at radius 3 is 2.95 bits per heavy atom. The quantitative estimate of drug-likeness (QED) is 0.631. The van der Waals surface area contributed by atoms with Gasteiger partial charge in [0.2, 0.25) is 0 Å². The van der Waals surface area contributed by atoms with E-state index in [0.717, 1.165) is 28.1 Å². The molecule has 0 aromatic carbocycles. The molecular weight excluding hydrogens is 304 g/mol. The minimum atomic E-state index is -0.147. The maximum absolute atomic E-state index is 12.2. The van der Waals surface area contributed by atoms with Crippen LogP contribution in [0.4, 0.5) is 5.69 Å². The first kappa shape index (κ1) is 15.8. The smallest absolute Gasteiger partial charge is 0.263 e. The number of nitrogens with zero attached hydrogens (tertiary/aromatic N) is 2. The van der Waals surface area contributed by atoms with Crippen LogP contribution in [0.25, 0.3) is 10.2 Å². The van der Waals surface area contributed by atoms with E-state index >= 15 is 0 Å². The first-order chi connectivity index (χ1) is 10.1. The van der Waals surface area contributed by atoms with Crippen LogP contribution in [-0.4, -0.2) is 34.2 Å². The fourth-order valence-corrected chi connectivity index (χ4v) is 3.49. The van der Waals surface area contributed by atoms with E-state index in [1.165, 1.54) is 11.3 Å². The van der Waals surface area contributed by atoms with Crippen LogP contribution in [0.3, 0.4) is 0 Å². The number of anilines is 1. The van der Waals surface area contributed by atoms with Crippen molar-refractivity contribution in [2.24, 2.45) is 0 Å².